The lowest BCUT2D eigenvalue weighted by Gasteiger charge is -2.18. The van der Waals surface area contributed by atoms with Crippen LogP contribution in [0.3, 0.4) is 0 Å². The van der Waals surface area contributed by atoms with Gasteiger partial charge >= 0.3 is 0 Å². The molecular weight excluding hydrogens is 180 g/mol. The highest BCUT2D eigenvalue weighted by molar-refractivity contribution is 5.65. The molecule has 0 aliphatic rings. The molecule has 1 rings (SSSR count). The van der Waals surface area contributed by atoms with Gasteiger partial charge in [0.1, 0.15) is 5.69 Å². The van der Waals surface area contributed by atoms with Gasteiger partial charge in [-0.1, -0.05) is 18.7 Å². The summed E-state index contributed by atoms with van der Waals surface area (Å²) < 4.78 is 0. The molecule has 0 atom stereocenters. The lowest BCUT2D eigenvalue weighted by atomic mass is 10.2. The second-order valence-corrected chi connectivity index (χ2v) is 3.04. The Hall–Kier alpha value is -1.84. The van der Waals surface area contributed by atoms with Gasteiger partial charge in [-0.15, -0.1) is 0 Å². The first-order chi connectivity index (χ1) is 6.54. The predicted molar refractivity (Wildman–Crippen MR) is 56.3 cm³/mol. The Morgan fingerprint density at radius 1 is 1.50 bits per heavy atom. The van der Waals surface area contributed by atoms with E-state index in [1.807, 2.05) is 0 Å². The topological polar surface area (TPSA) is 46.4 Å². The predicted octanol–water partition coefficient (Wildman–Crippen LogP) is 2.56. The molecule has 0 aliphatic carbocycles. The summed E-state index contributed by atoms with van der Waals surface area (Å²) in [7, 11) is 1.75. The molecule has 0 aromatic heterocycles. The molecule has 0 fully saturated rings. The molecule has 0 saturated carbocycles. The molecule has 0 heterocycles. The van der Waals surface area contributed by atoms with Gasteiger partial charge in [0.25, 0.3) is 5.69 Å². The number of benzene rings is 1. The van der Waals surface area contributed by atoms with E-state index in [2.05, 4.69) is 6.58 Å². The maximum atomic E-state index is 10.7. The van der Waals surface area contributed by atoms with Crippen LogP contribution in [-0.2, 0) is 0 Å². The highest BCUT2D eigenvalue weighted by Gasteiger charge is 2.15. The van der Waals surface area contributed by atoms with E-state index < -0.39 is 4.92 Å². The van der Waals surface area contributed by atoms with Gasteiger partial charge in [0, 0.05) is 18.8 Å². The molecule has 0 saturated heterocycles. The van der Waals surface area contributed by atoms with Gasteiger partial charge < -0.3 is 4.90 Å². The number of allylic oxidation sites excluding steroid dienone is 1. The number of para-hydroxylation sites is 2. The van der Waals surface area contributed by atoms with Crippen molar-refractivity contribution in [1.82, 2.24) is 0 Å². The van der Waals surface area contributed by atoms with Crippen molar-refractivity contribution in [3.8, 4) is 0 Å². The molecule has 0 spiro atoms. The number of nitrogens with zero attached hydrogens (tertiary/aromatic N) is 2. The summed E-state index contributed by atoms with van der Waals surface area (Å²) in [5.41, 5.74) is 1.42. The zero-order valence-corrected chi connectivity index (χ0v) is 8.23. The number of hydrogen-bond donors (Lipinski definition) is 0. The molecule has 0 bridgehead atoms. The Kier molecular flexibility index (Phi) is 2.86. The molecule has 4 nitrogen and oxygen atoms in total. The molecule has 0 amide bonds. The van der Waals surface area contributed by atoms with Crippen LogP contribution in [0, 0.1) is 10.1 Å². The minimum atomic E-state index is -0.394. The minimum Gasteiger partial charge on any atom is -0.344 e. The van der Waals surface area contributed by atoms with Gasteiger partial charge in [-0.3, -0.25) is 10.1 Å². The maximum absolute atomic E-state index is 10.7. The molecule has 4 heteroatoms. The maximum Gasteiger partial charge on any atom is 0.292 e. The fourth-order valence-corrected chi connectivity index (χ4v) is 1.11. The zero-order valence-electron chi connectivity index (χ0n) is 8.23. The highest BCUT2D eigenvalue weighted by Crippen LogP contribution is 2.28. The van der Waals surface area contributed by atoms with E-state index >= 15 is 0 Å². The highest BCUT2D eigenvalue weighted by atomic mass is 16.6. The van der Waals surface area contributed by atoms with Crippen LogP contribution in [0.1, 0.15) is 6.92 Å². The van der Waals surface area contributed by atoms with E-state index in [1.54, 1.807) is 37.1 Å². The molecule has 1 aromatic carbocycles. The fourth-order valence-electron chi connectivity index (χ4n) is 1.11. The normalized spacial score (nSPS) is 9.57. The Morgan fingerprint density at radius 3 is 2.57 bits per heavy atom. The monoisotopic (exact) mass is 192 g/mol. The number of anilines is 1. The second-order valence-electron chi connectivity index (χ2n) is 3.04. The minimum absolute atomic E-state index is 0.0954. The third-order valence-corrected chi connectivity index (χ3v) is 2.01. The lowest BCUT2D eigenvalue weighted by molar-refractivity contribution is -0.384. The lowest BCUT2D eigenvalue weighted by Crippen LogP contribution is -2.14. The van der Waals surface area contributed by atoms with Crippen molar-refractivity contribution in [3.63, 3.8) is 0 Å². The summed E-state index contributed by atoms with van der Waals surface area (Å²) in [5.74, 6) is 0. The van der Waals surface area contributed by atoms with Gasteiger partial charge in [0.05, 0.1) is 4.92 Å². The van der Waals surface area contributed by atoms with Crippen LogP contribution < -0.4 is 4.90 Å². The van der Waals surface area contributed by atoms with Crippen LogP contribution in [0.25, 0.3) is 0 Å². The van der Waals surface area contributed by atoms with E-state index in [1.165, 1.54) is 6.07 Å². The Bertz CT molecular complexity index is 374. The Morgan fingerprint density at radius 2 is 2.07 bits per heavy atom. The first-order valence-corrected chi connectivity index (χ1v) is 4.16. The van der Waals surface area contributed by atoms with Crippen molar-refractivity contribution < 1.29 is 4.92 Å². The van der Waals surface area contributed by atoms with Crippen molar-refractivity contribution in [2.24, 2.45) is 0 Å². The summed E-state index contributed by atoms with van der Waals surface area (Å²) in [4.78, 5) is 12.0. The molecule has 0 unspecified atom stereocenters. The van der Waals surface area contributed by atoms with Crippen molar-refractivity contribution in [1.29, 1.82) is 0 Å². The molecule has 0 radical (unpaired) electrons. The van der Waals surface area contributed by atoms with Crippen LogP contribution in [0.4, 0.5) is 11.4 Å². The van der Waals surface area contributed by atoms with Crippen molar-refractivity contribution in [2.75, 3.05) is 11.9 Å². The summed E-state index contributed by atoms with van der Waals surface area (Å²) in [5, 5.41) is 10.7. The average molecular weight is 192 g/mol. The first-order valence-electron chi connectivity index (χ1n) is 4.16. The van der Waals surface area contributed by atoms with Gasteiger partial charge in [-0.25, -0.2) is 0 Å². The quantitative estimate of drug-likeness (QED) is 0.546. The SMILES string of the molecule is C=C(C)N(C)c1ccccc1[N+](=O)[O-]. The third-order valence-electron chi connectivity index (χ3n) is 2.01. The zero-order chi connectivity index (χ0) is 10.7. The van der Waals surface area contributed by atoms with Crippen molar-refractivity contribution in [2.45, 2.75) is 6.92 Å². The van der Waals surface area contributed by atoms with E-state index in [-0.39, 0.29) is 5.69 Å². The summed E-state index contributed by atoms with van der Waals surface area (Å²) in [6.45, 7) is 5.54. The summed E-state index contributed by atoms with van der Waals surface area (Å²) >= 11 is 0. The molecule has 1 aromatic rings. The van der Waals surface area contributed by atoms with Crippen LogP contribution in [-0.4, -0.2) is 12.0 Å². The van der Waals surface area contributed by atoms with E-state index in [9.17, 15) is 10.1 Å². The summed E-state index contributed by atoms with van der Waals surface area (Å²) in [6.07, 6.45) is 0. The largest absolute Gasteiger partial charge is 0.344 e. The van der Waals surface area contributed by atoms with Gasteiger partial charge in [-0.2, -0.15) is 0 Å². The number of nitro groups is 1. The summed E-state index contributed by atoms with van der Waals surface area (Å²) in [6, 6.07) is 6.59. The molecule has 0 aliphatic heterocycles. The number of nitro benzene ring substituents is 1. The molecule has 74 valence electrons. The van der Waals surface area contributed by atoms with Gasteiger partial charge in [-0.05, 0) is 13.0 Å². The van der Waals surface area contributed by atoms with E-state index in [4.69, 9.17) is 0 Å². The van der Waals surface area contributed by atoms with E-state index in [0.29, 0.717) is 5.69 Å². The molecule has 14 heavy (non-hydrogen) atoms. The Labute approximate surface area is 82.6 Å². The second kappa shape index (κ2) is 3.91. The fraction of sp³-hybridized carbons (Fsp3) is 0.200. The van der Waals surface area contributed by atoms with Crippen LogP contribution in [0.2, 0.25) is 0 Å². The standard InChI is InChI=1S/C10H12N2O2/c1-8(2)11(3)9-6-4-5-7-10(9)12(13)14/h4-7H,1H2,2-3H3. The number of rotatable bonds is 3. The van der Waals surface area contributed by atoms with Gasteiger partial charge in [0.15, 0.2) is 0 Å². The smallest absolute Gasteiger partial charge is 0.292 e. The van der Waals surface area contributed by atoms with Crippen molar-refractivity contribution in [3.05, 3.63) is 46.7 Å². The Balaban J connectivity index is 3.19. The van der Waals surface area contributed by atoms with Crippen LogP contribution in [0.5, 0.6) is 0 Å². The van der Waals surface area contributed by atoms with Crippen molar-refractivity contribution >= 4 is 11.4 Å². The molecule has 0 N–H and O–H groups in total. The first kappa shape index (κ1) is 10.2. The third kappa shape index (κ3) is 1.90. The van der Waals surface area contributed by atoms with E-state index in [0.717, 1.165) is 5.70 Å². The average Bonchev–Trinajstić information content (AvgIpc) is 2.16. The number of hydrogen-bond acceptors (Lipinski definition) is 3. The van der Waals surface area contributed by atoms with Crippen LogP contribution in [0.15, 0.2) is 36.5 Å². The molecular formula is C10H12N2O2. The van der Waals surface area contributed by atoms with Crippen LogP contribution >= 0.6 is 0 Å². The van der Waals surface area contributed by atoms with Gasteiger partial charge in [0.2, 0.25) is 0 Å².